The van der Waals surface area contributed by atoms with Crippen molar-refractivity contribution in [3.05, 3.63) is 48.6 Å². The fourth-order valence-electron chi connectivity index (χ4n) is 11.6. The fraction of sp³-hybridized carbons (Fsp3) is 0.880. The molecular weight excluding hydrogens is 995 g/mol. The maximum Gasteiger partial charge on any atom is 0.249 e. The van der Waals surface area contributed by atoms with Crippen LogP contribution in [0.15, 0.2) is 48.6 Å². The van der Waals surface area contributed by atoms with E-state index in [-0.39, 0.29) is 0 Å². The third kappa shape index (κ3) is 62.6. The zero-order valence-corrected chi connectivity index (χ0v) is 54.6. The van der Waals surface area contributed by atoms with Gasteiger partial charge < -0.3 is 25.7 Å². The molecule has 478 valence electrons. The van der Waals surface area contributed by atoms with Crippen molar-refractivity contribution < 1.29 is 25.2 Å². The van der Waals surface area contributed by atoms with Crippen molar-refractivity contribution in [1.29, 1.82) is 0 Å². The van der Waals surface area contributed by atoms with Crippen molar-refractivity contribution in [2.45, 2.75) is 417 Å². The molecule has 0 aromatic heterocycles. The van der Waals surface area contributed by atoms with Crippen LogP contribution in [0.4, 0.5) is 0 Å². The van der Waals surface area contributed by atoms with Crippen molar-refractivity contribution in [2.24, 2.45) is 0 Å². The summed E-state index contributed by atoms with van der Waals surface area (Å²) in [4.78, 5) is 12.7. The zero-order chi connectivity index (χ0) is 58.7. The fourth-order valence-corrected chi connectivity index (χ4v) is 11.6. The average molecular weight is 1140 g/mol. The molecule has 0 aromatic carbocycles. The lowest BCUT2D eigenvalue weighted by Crippen LogP contribution is -2.53. The normalized spacial score (nSPS) is 13.7. The Morgan fingerprint density at radius 1 is 0.309 bits per heavy atom. The highest BCUT2D eigenvalue weighted by atomic mass is 16.3. The lowest BCUT2D eigenvalue weighted by Gasteiger charge is -2.27. The van der Waals surface area contributed by atoms with E-state index in [1.54, 1.807) is 0 Å². The number of amides is 1. The summed E-state index contributed by atoms with van der Waals surface area (Å²) >= 11 is 0. The second-order valence-corrected chi connectivity index (χ2v) is 25.3. The van der Waals surface area contributed by atoms with Crippen molar-refractivity contribution in [3.63, 3.8) is 0 Å². The van der Waals surface area contributed by atoms with Crippen molar-refractivity contribution in [1.82, 2.24) is 5.32 Å². The molecule has 4 unspecified atom stereocenters. The van der Waals surface area contributed by atoms with Crippen LogP contribution >= 0.6 is 0 Å². The van der Waals surface area contributed by atoms with Gasteiger partial charge in [0.2, 0.25) is 5.91 Å². The van der Waals surface area contributed by atoms with E-state index in [9.17, 15) is 25.2 Å². The predicted octanol–water partition coefficient (Wildman–Crippen LogP) is 22.8. The largest absolute Gasteiger partial charge is 0.394 e. The molecule has 4 atom stereocenters. The second kappa shape index (κ2) is 69.0. The number of carbonyl (C=O) groups excluding carboxylic acids is 1. The predicted molar refractivity (Wildman–Crippen MR) is 357 cm³/mol. The van der Waals surface area contributed by atoms with Crippen LogP contribution in [0.25, 0.3) is 0 Å². The van der Waals surface area contributed by atoms with Crippen LogP contribution in [0.2, 0.25) is 0 Å². The molecule has 0 saturated heterocycles. The van der Waals surface area contributed by atoms with E-state index < -0.39 is 36.9 Å². The Labute approximate surface area is 506 Å². The van der Waals surface area contributed by atoms with Gasteiger partial charge in [0.25, 0.3) is 0 Å². The molecule has 0 aliphatic carbocycles. The summed E-state index contributed by atoms with van der Waals surface area (Å²) in [5, 5.41) is 44.2. The third-order valence-electron chi connectivity index (χ3n) is 17.2. The standard InChI is InChI=1S/C75H143NO5/c1-3-5-7-9-11-13-15-17-19-21-23-25-27-29-31-32-33-34-35-36-37-38-39-40-41-43-45-47-49-51-53-55-57-59-61-63-65-67-69-73(79)75(81)76-71(70-77)74(80)72(78)68-66-64-62-60-58-56-54-52-50-48-46-44-42-30-28-26-24-22-20-18-16-14-12-10-8-6-4-2/h33-34,36-37,52,54,60,62,71-74,77-80H,3-32,35,38-51,53,55-59,61,63-70H2,1-2H3,(H,76,81)/b34-33-,37-36-,54-52+,62-60+. The van der Waals surface area contributed by atoms with Crippen LogP contribution in [0.1, 0.15) is 393 Å². The first-order valence-electron chi connectivity index (χ1n) is 36.5. The zero-order valence-electron chi connectivity index (χ0n) is 54.6. The van der Waals surface area contributed by atoms with E-state index in [1.165, 1.54) is 315 Å². The Bertz CT molecular complexity index is 1330. The van der Waals surface area contributed by atoms with Crippen LogP contribution in [-0.4, -0.2) is 57.3 Å². The first-order valence-corrected chi connectivity index (χ1v) is 36.5. The van der Waals surface area contributed by atoms with E-state index in [2.05, 4.69) is 67.8 Å². The van der Waals surface area contributed by atoms with Gasteiger partial charge in [-0.15, -0.1) is 0 Å². The minimum absolute atomic E-state index is 0.361. The number of aliphatic hydroxyl groups is 4. The maximum absolute atomic E-state index is 12.7. The summed E-state index contributed by atoms with van der Waals surface area (Å²) in [6.45, 7) is 4.09. The Hall–Kier alpha value is -1.73. The molecule has 0 spiro atoms. The number of unbranched alkanes of at least 4 members (excludes halogenated alkanes) is 51. The summed E-state index contributed by atoms with van der Waals surface area (Å²) in [5.74, 6) is -0.593. The lowest BCUT2D eigenvalue weighted by molar-refractivity contribution is -0.132. The molecule has 0 saturated carbocycles. The van der Waals surface area contributed by atoms with Crippen molar-refractivity contribution in [3.8, 4) is 0 Å². The topological polar surface area (TPSA) is 110 Å². The highest BCUT2D eigenvalue weighted by Gasteiger charge is 2.28. The van der Waals surface area contributed by atoms with Crippen LogP contribution in [-0.2, 0) is 4.79 Å². The van der Waals surface area contributed by atoms with Crippen LogP contribution in [0.5, 0.6) is 0 Å². The molecule has 0 bridgehead atoms. The van der Waals surface area contributed by atoms with E-state index in [0.717, 1.165) is 44.9 Å². The van der Waals surface area contributed by atoms with Crippen molar-refractivity contribution >= 4 is 5.91 Å². The summed E-state index contributed by atoms with van der Waals surface area (Å²) < 4.78 is 0. The summed E-state index contributed by atoms with van der Waals surface area (Å²) in [6.07, 6.45) is 91.1. The molecule has 0 fully saturated rings. The minimum atomic E-state index is -1.29. The quantitative estimate of drug-likeness (QED) is 0.0308. The van der Waals surface area contributed by atoms with Gasteiger partial charge in [-0.25, -0.2) is 0 Å². The van der Waals surface area contributed by atoms with Crippen LogP contribution in [0, 0.1) is 0 Å². The maximum atomic E-state index is 12.7. The van der Waals surface area contributed by atoms with Gasteiger partial charge in [-0.1, -0.05) is 358 Å². The van der Waals surface area contributed by atoms with E-state index in [4.69, 9.17) is 0 Å². The molecule has 0 rings (SSSR count). The van der Waals surface area contributed by atoms with Crippen LogP contribution in [0.3, 0.4) is 0 Å². The van der Waals surface area contributed by atoms with Gasteiger partial charge in [0.1, 0.15) is 12.2 Å². The van der Waals surface area contributed by atoms with E-state index in [0.29, 0.717) is 19.3 Å². The van der Waals surface area contributed by atoms with Crippen LogP contribution < -0.4 is 5.32 Å². The summed E-state index contributed by atoms with van der Waals surface area (Å²) in [6, 6.07) is -1.01. The molecule has 0 aromatic rings. The molecule has 6 nitrogen and oxygen atoms in total. The molecule has 0 aliphatic heterocycles. The Morgan fingerprint density at radius 3 is 0.852 bits per heavy atom. The van der Waals surface area contributed by atoms with Gasteiger partial charge in [0.15, 0.2) is 0 Å². The number of hydrogen-bond acceptors (Lipinski definition) is 5. The van der Waals surface area contributed by atoms with Gasteiger partial charge in [0, 0.05) is 0 Å². The average Bonchev–Trinajstić information content (AvgIpc) is 3.47. The summed E-state index contributed by atoms with van der Waals surface area (Å²) in [5.41, 5.74) is 0. The number of aliphatic hydroxyl groups excluding tert-OH is 4. The number of carbonyl (C=O) groups is 1. The lowest BCUT2D eigenvalue weighted by atomic mass is 10.00. The number of rotatable bonds is 68. The molecule has 1 amide bonds. The monoisotopic (exact) mass is 1140 g/mol. The molecule has 0 heterocycles. The molecule has 0 aliphatic rings. The molecule has 0 radical (unpaired) electrons. The minimum Gasteiger partial charge on any atom is -0.394 e. The van der Waals surface area contributed by atoms with E-state index >= 15 is 0 Å². The Morgan fingerprint density at radius 2 is 0.556 bits per heavy atom. The molecule has 5 N–H and O–H groups in total. The molecule has 81 heavy (non-hydrogen) atoms. The second-order valence-electron chi connectivity index (χ2n) is 25.3. The van der Waals surface area contributed by atoms with Gasteiger partial charge in [-0.05, 0) is 83.5 Å². The highest BCUT2D eigenvalue weighted by Crippen LogP contribution is 2.19. The first-order chi connectivity index (χ1) is 40.0. The van der Waals surface area contributed by atoms with E-state index in [1.807, 2.05) is 0 Å². The Kier molecular flexibility index (Phi) is 67.6. The number of allylic oxidation sites excluding steroid dienone is 8. The number of hydrogen-bond donors (Lipinski definition) is 5. The van der Waals surface area contributed by atoms with Gasteiger partial charge >= 0.3 is 0 Å². The third-order valence-corrected chi connectivity index (χ3v) is 17.2. The summed E-state index contributed by atoms with van der Waals surface area (Å²) in [7, 11) is 0. The SMILES string of the molecule is CCCCCCCCCCCCCCCCC/C=C\C/C=C\CCCCCCCCCCCCCCCCCCC(O)C(=O)NC(CO)C(O)C(O)CCC/C=C/CC/C=C/CCCCCCCCCCCCCCCCCCCC. The Balaban J connectivity index is 3.58. The molecule has 6 heteroatoms. The van der Waals surface area contributed by atoms with Gasteiger partial charge in [-0.2, -0.15) is 0 Å². The van der Waals surface area contributed by atoms with Crippen molar-refractivity contribution in [2.75, 3.05) is 6.61 Å². The van der Waals surface area contributed by atoms with Gasteiger partial charge in [-0.3, -0.25) is 4.79 Å². The molecular formula is C75H143NO5. The smallest absolute Gasteiger partial charge is 0.249 e. The van der Waals surface area contributed by atoms with Gasteiger partial charge in [0.05, 0.1) is 18.8 Å². The first kappa shape index (κ1) is 79.3. The number of nitrogens with one attached hydrogen (secondary N) is 1. The highest BCUT2D eigenvalue weighted by molar-refractivity contribution is 5.80.